The van der Waals surface area contributed by atoms with Gasteiger partial charge in [-0.3, -0.25) is 4.98 Å². The summed E-state index contributed by atoms with van der Waals surface area (Å²) in [6, 6.07) is 13.0. The van der Waals surface area contributed by atoms with Crippen molar-refractivity contribution in [3.63, 3.8) is 0 Å². The van der Waals surface area contributed by atoms with E-state index in [1.807, 2.05) is 35.7 Å². The Labute approximate surface area is 108 Å². The molecule has 3 rings (SSSR count). The number of nitrogens with zero attached hydrogens (tertiary/aromatic N) is 2. The quantitative estimate of drug-likeness (QED) is 0.692. The van der Waals surface area contributed by atoms with Crippen molar-refractivity contribution in [3.05, 3.63) is 59.9 Å². The van der Waals surface area contributed by atoms with Crippen molar-refractivity contribution in [1.29, 1.82) is 0 Å². The average molecular weight is 256 g/mol. The zero-order valence-electron chi connectivity index (χ0n) is 9.38. The first-order valence-electron chi connectivity index (χ1n) is 5.46. The van der Waals surface area contributed by atoms with E-state index in [0.29, 0.717) is 5.69 Å². The SMILES string of the molecule is Fc1ccc(-c2nc(-c3ccccc3)cs2)nc1. The first kappa shape index (κ1) is 11.0. The molecule has 88 valence electrons. The fourth-order valence-electron chi connectivity index (χ4n) is 1.64. The Morgan fingerprint density at radius 3 is 2.50 bits per heavy atom. The van der Waals surface area contributed by atoms with Crippen LogP contribution in [-0.2, 0) is 0 Å². The van der Waals surface area contributed by atoms with Crippen molar-refractivity contribution in [2.45, 2.75) is 0 Å². The van der Waals surface area contributed by atoms with Gasteiger partial charge in [0, 0.05) is 10.9 Å². The van der Waals surface area contributed by atoms with E-state index in [1.54, 1.807) is 6.07 Å². The number of pyridine rings is 1. The van der Waals surface area contributed by atoms with Crippen molar-refractivity contribution in [3.8, 4) is 22.0 Å². The minimum atomic E-state index is -0.335. The average Bonchev–Trinajstić information content (AvgIpc) is 2.90. The summed E-state index contributed by atoms with van der Waals surface area (Å²) in [4.78, 5) is 8.54. The molecule has 0 saturated heterocycles. The molecule has 0 amide bonds. The van der Waals surface area contributed by atoms with E-state index in [9.17, 15) is 4.39 Å². The highest BCUT2D eigenvalue weighted by atomic mass is 32.1. The van der Waals surface area contributed by atoms with Crippen molar-refractivity contribution < 1.29 is 4.39 Å². The van der Waals surface area contributed by atoms with Gasteiger partial charge in [-0.2, -0.15) is 0 Å². The molecule has 0 spiro atoms. The van der Waals surface area contributed by atoms with Crippen LogP contribution in [0, 0.1) is 5.82 Å². The molecule has 0 atom stereocenters. The van der Waals surface area contributed by atoms with E-state index in [4.69, 9.17) is 0 Å². The van der Waals surface area contributed by atoms with Crippen molar-refractivity contribution in [2.24, 2.45) is 0 Å². The molecule has 0 fully saturated rings. The summed E-state index contributed by atoms with van der Waals surface area (Å²) in [5.74, 6) is -0.335. The third-order valence-electron chi connectivity index (χ3n) is 2.52. The smallest absolute Gasteiger partial charge is 0.142 e. The molecule has 0 aliphatic rings. The second-order valence-corrected chi connectivity index (χ2v) is 4.62. The maximum absolute atomic E-state index is 12.8. The Morgan fingerprint density at radius 2 is 1.78 bits per heavy atom. The molecule has 0 aliphatic heterocycles. The van der Waals surface area contributed by atoms with Gasteiger partial charge in [0.2, 0.25) is 0 Å². The van der Waals surface area contributed by atoms with Gasteiger partial charge in [-0.25, -0.2) is 9.37 Å². The van der Waals surface area contributed by atoms with Crippen molar-refractivity contribution >= 4 is 11.3 Å². The van der Waals surface area contributed by atoms with Gasteiger partial charge in [-0.1, -0.05) is 30.3 Å². The molecular weight excluding hydrogens is 247 g/mol. The normalized spacial score (nSPS) is 10.5. The summed E-state index contributed by atoms with van der Waals surface area (Å²) in [7, 11) is 0. The minimum absolute atomic E-state index is 0.335. The minimum Gasteiger partial charge on any atom is -0.251 e. The molecule has 2 aromatic heterocycles. The zero-order valence-corrected chi connectivity index (χ0v) is 10.2. The van der Waals surface area contributed by atoms with Gasteiger partial charge in [-0.05, 0) is 12.1 Å². The van der Waals surface area contributed by atoms with Crippen LogP contribution < -0.4 is 0 Å². The molecule has 0 unspecified atom stereocenters. The van der Waals surface area contributed by atoms with Crippen LogP contribution in [0.15, 0.2) is 54.0 Å². The predicted molar refractivity (Wildman–Crippen MR) is 70.7 cm³/mol. The molecule has 0 N–H and O–H groups in total. The molecule has 0 bridgehead atoms. The van der Waals surface area contributed by atoms with Crippen molar-refractivity contribution in [1.82, 2.24) is 9.97 Å². The lowest BCUT2D eigenvalue weighted by molar-refractivity contribution is 0.622. The third kappa shape index (κ3) is 2.15. The molecule has 0 aliphatic carbocycles. The van der Waals surface area contributed by atoms with E-state index in [0.717, 1.165) is 16.3 Å². The second-order valence-electron chi connectivity index (χ2n) is 3.77. The molecule has 2 nitrogen and oxygen atoms in total. The summed E-state index contributed by atoms with van der Waals surface area (Å²) >= 11 is 1.51. The highest BCUT2D eigenvalue weighted by Crippen LogP contribution is 2.27. The van der Waals surface area contributed by atoms with Crippen LogP contribution >= 0.6 is 11.3 Å². The Balaban J connectivity index is 1.97. The zero-order chi connectivity index (χ0) is 12.4. The van der Waals surface area contributed by atoms with Gasteiger partial charge in [0.25, 0.3) is 0 Å². The monoisotopic (exact) mass is 256 g/mol. The number of aromatic nitrogens is 2. The van der Waals surface area contributed by atoms with Gasteiger partial charge in [-0.15, -0.1) is 11.3 Å². The largest absolute Gasteiger partial charge is 0.251 e. The van der Waals surface area contributed by atoms with E-state index in [1.165, 1.54) is 23.6 Å². The molecule has 4 heteroatoms. The maximum atomic E-state index is 12.8. The van der Waals surface area contributed by atoms with Crippen LogP contribution in [0.3, 0.4) is 0 Å². The van der Waals surface area contributed by atoms with Gasteiger partial charge in [0.15, 0.2) is 0 Å². The number of benzene rings is 1. The summed E-state index contributed by atoms with van der Waals surface area (Å²) < 4.78 is 12.8. The van der Waals surface area contributed by atoms with Crippen LogP contribution in [0.1, 0.15) is 0 Å². The summed E-state index contributed by atoms with van der Waals surface area (Å²) in [5.41, 5.74) is 2.69. The Kier molecular flexibility index (Phi) is 2.86. The number of hydrogen-bond acceptors (Lipinski definition) is 3. The lowest BCUT2D eigenvalue weighted by Gasteiger charge is -1.95. The molecule has 2 heterocycles. The van der Waals surface area contributed by atoms with Crippen LogP contribution in [0.5, 0.6) is 0 Å². The second kappa shape index (κ2) is 4.66. The summed E-state index contributed by atoms with van der Waals surface area (Å²) in [6.07, 6.45) is 1.21. The predicted octanol–water partition coefficient (Wildman–Crippen LogP) is 4.01. The molecule has 18 heavy (non-hydrogen) atoms. The maximum Gasteiger partial charge on any atom is 0.142 e. The first-order chi connectivity index (χ1) is 8.83. The molecule has 0 saturated carbocycles. The van der Waals surface area contributed by atoms with Crippen LogP contribution in [-0.4, -0.2) is 9.97 Å². The van der Waals surface area contributed by atoms with Gasteiger partial charge in [0.05, 0.1) is 17.6 Å². The van der Waals surface area contributed by atoms with Gasteiger partial charge in [0.1, 0.15) is 10.8 Å². The number of halogens is 1. The first-order valence-corrected chi connectivity index (χ1v) is 6.34. The van der Waals surface area contributed by atoms with Gasteiger partial charge >= 0.3 is 0 Å². The Morgan fingerprint density at radius 1 is 0.944 bits per heavy atom. The van der Waals surface area contributed by atoms with Gasteiger partial charge < -0.3 is 0 Å². The summed E-state index contributed by atoms with van der Waals surface area (Å²) in [5, 5.41) is 2.78. The lowest BCUT2D eigenvalue weighted by atomic mass is 10.2. The number of rotatable bonds is 2. The molecule has 3 aromatic rings. The number of hydrogen-bond donors (Lipinski definition) is 0. The molecular formula is C14H9FN2S. The third-order valence-corrected chi connectivity index (χ3v) is 3.39. The Hall–Kier alpha value is -2.07. The van der Waals surface area contributed by atoms with Crippen LogP contribution in [0.25, 0.3) is 22.0 Å². The van der Waals surface area contributed by atoms with Crippen LogP contribution in [0.2, 0.25) is 0 Å². The topological polar surface area (TPSA) is 25.8 Å². The molecule has 1 aromatic carbocycles. The standard InChI is InChI=1S/C14H9FN2S/c15-11-6-7-12(16-8-11)14-17-13(9-18-14)10-4-2-1-3-5-10/h1-9H. The van der Waals surface area contributed by atoms with E-state index in [-0.39, 0.29) is 5.82 Å². The van der Waals surface area contributed by atoms with Crippen LogP contribution in [0.4, 0.5) is 4.39 Å². The Bertz CT molecular complexity index is 647. The highest BCUT2D eigenvalue weighted by molar-refractivity contribution is 7.13. The van der Waals surface area contributed by atoms with Crippen molar-refractivity contribution in [2.75, 3.05) is 0 Å². The lowest BCUT2D eigenvalue weighted by Crippen LogP contribution is -1.84. The van der Waals surface area contributed by atoms with E-state index in [2.05, 4.69) is 9.97 Å². The number of thiazole rings is 1. The fraction of sp³-hybridized carbons (Fsp3) is 0. The highest BCUT2D eigenvalue weighted by Gasteiger charge is 2.07. The van der Waals surface area contributed by atoms with E-state index >= 15 is 0 Å². The summed E-state index contributed by atoms with van der Waals surface area (Å²) in [6.45, 7) is 0. The fourth-order valence-corrected chi connectivity index (χ4v) is 2.44. The van der Waals surface area contributed by atoms with E-state index < -0.39 is 0 Å². The molecule has 0 radical (unpaired) electrons.